The van der Waals surface area contributed by atoms with Gasteiger partial charge in [-0.25, -0.2) is 4.39 Å². The fourth-order valence-corrected chi connectivity index (χ4v) is 2.52. The van der Waals surface area contributed by atoms with Gasteiger partial charge >= 0.3 is 0 Å². The van der Waals surface area contributed by atoms with Crippen molar-refractivity contribution in [1.82, 2.24) is 0 Å². The van der Waals surface area contributed by atoms with Gasteiger partial charge in [0.15, 0.2) is 0 Å². The van der Waals surface area contributed by atoms with Crippen molar-refractivity contribution in [3.63, 3.8) is 0 Å². The molecule has 74 valence electrons. The van der Waals surface area contributed by atoms with Crippen LogP contribution in [0.4, 0.5) is 10.1 Å². The third-order valence-electron chi connectivity index (χ3n) is 3.65. The Kier molecular flexibility index (Phi) is 1.34. The van der Waals surface area contributed by atoms with Gasteiger partial charge in [0, 0.05) is 29.3 Å². The van der Waals surface area contributed by atoms with Crippen molar-refractivity contribution in [1.29, 1.82) is 0 Å². The Morgan fingerprint density at radius 3 is 2.93 bits per heavy atom. The fraction of sp³-hybridized carbons (Fsp3) is 0.455. The molecule has 0 radical (unpaired) electrons. The van der Waals surface area contributed by atoms with E-state index in [2.05, 4.69) is 5.32 Å². The second-order valence-corrected chi connectivity index (χ2v) is 4.42. The van der Waals surface area contributed by atoms with Gasteiger partial charge < -0.3 is 11.1 Å². The Morgan fingerprint density at radius 1 is 1.57 bits per heavy atom. The topological polar surface area (TPSA) is 38.0 Å². The lowest BCUT2D eigenvalue weighted by Crippen LogP contribution is -2.20. The van der Waals surface area contributed by atoms with Crippen molar-refractivity contribution in [2.45, 2.75) is 24.8 Å². The minimum atomic E-state index is -0.137. The van der Waals surface area contributed by atoms with E-state index in [1.54, 1.807) is 6.07 Å². The third kappa shape index (κ3) is 0.786. The lowest BCUT2D eigenvalue weighted by Gasteiger charge is -2.08. The first-order valence-corrected chi connectivity index (χ1v) is 4.94. The summed E-state index contributed by atoms with van der Waals surface area (Å²) in [7, 11) is 0. The summed E-state index contributed by atoms with van der Waals surface area (Å²) in [5.74, 6) is -0.137. The average molecular weight is 192 g/mol. The van der Waals surface area contributed by atoms with Gasteiger partial charge in [0.25, 0.3) is 0 Å². The number of benzene rings is 1. The number of nitrogens with two attached hydrogens (primary N) is 1. The first kappa shape index (κ1) is 8.24. The van der Waals surface area contributed by atoms with Crippen LogP contribution in [0, 0.1) is 12.7 Å². The highest BCUT2D eigenvalue weighted by atomic mass is 19.1. The van der Waals surface area contributed by atoms with E-state index in [0.717, 1.165) is 24.2 Å². The zero-order chi connectivity index (χ0) is 9.92. The summed E-state index contributed by atoms with van der Waals surface area (Å²) >= 11 is 0. The molecule has 1 aromatic carbocycles. The van der Waals surface area contributed by atoms with E-state index < -0.39 is 0 Å². The van der Waals surface area contributed by atoms with Gasteiger partial charge in [-0.1, -0.05) is 6.07 Å². The van der Waals surface area contributed by atoms with E-state index in [4.69, 9.17) is 5.73 Å². The number of halogens is 1. The predicted octanol–water partition coefficient (Wildman–Crippen LogP) is 1.53. The maximum Gasteiger partial charge on any atom is 0.128 e. The van der Waals surface area contributed by atoms with Crippen LogP contribution in [0.3, 0.4) is 0 Å². The first-order chi connectivity index (χ1) is 6.65. The Hall–Kier alpha value is -1.09. The maximum atomic E-state index is 13.3. The van der Waals surface area contributed by atoms with Crippen LogP contribution in [-0.2, 0) is 5.41 Å². The summed E-state index contributed by atoms with van der Waals surface area (Å²) in [5.41, 5.74) is 8.95. The van der Waals surface area contributed by atoms with Crippen LogP contribution < -0.4 is 11.1 Å². The molecule has 0 amide bonds. The van der Waals surface area contributed by atoms with Crippen molar-refractivity contribution in [3.8, 4) is 0 Å². The number of anilines is 1. The highest BCUT2D eigenvalue weighted by molar-refractivity contribution is 5.68. The van der Waals surface area contributed by atoms with Crippen molar-refractivity contribution < 1.29 is 4.39 Å². The van der Waals surface area contributed by atoms with E-state index in [-0.39, 0.29) is 17.3 Å². The lowest BCUT2D eigenvalue weighted by molar-refractivity contribution is 0.618. The Labute approximate surface area is 82.3 Å². The standard InChI is InChI=1S/C11H13FN2/c1-6-8(12)3-2-7-10(6)14-5-11(7)4-9(11)13/h2-3,9,14H,4-5,13H2,1H3. The van der Waals surface area contributed by atoms with Gasteiger partial charge in [-0.2, -0.15) is 0 Å². The zero-order valence-electron chi connectivity index (χ0n) is 8.10. The second-order valence-electron chi connectivity index (χ2n) is 4.42. The van der Waals surface area contributed by atoms with Crippen LogP contribution in [0.1, 0.15) is 17.5 Å². The van der Waals surface area contributed by atoms with Gasteiger partial charge in [-0.3, -0.25) is 0 Å². The maximum absolute atomic E-state index is 13.3. The van der Waals surface area contributed by atoms with Crippen LogP contribution in [0.25, 0.3) is 0 Å². The van der Waals surface area contributed by atoms with Crippen LogP contribution in [0.2, 0.25) is 0 Å². The molecular formula is C11H13FN2. The van der Waals surface area contributed by atoms with E-state index in [9.17, 15) is 4.39 Å². The molecule has 3 N–H and O–H groups in total. The Morgan fingerprint density at radius 2 is 2.29 bits per heavy atom. The molecule has 1 aliphatic heterocycles. The van der Waals surface area contributed by atoms with Gasteiger partial charge in [-0.05, 0) is 25.0 Å². The van der Waals surface area contributed by atoms with Crippen LogP contribution in [0.15, 0.2) is 12.1 Å². The summed E-state index contributed by atoms with van der Waals surface area (Å²) in [6.07, 6.45) is 1.03. The smallest absolute Gasteiger partial charge is 0.128 e. The first-order valence-electron chi connectivity index (χ1n) is 4.94. The molecular weight excluding hydrogens is 179 g/mol. The van der Waals surface area contributed by atoms with Gasteiger partial charge in [-0.15, -0.1) is 0 Å². The molecule has 0 bridgehead atoms. The molecule has 14 heavy (non-hydrogen) atoms. The molecule has 0 aromatic heterocycles. The molecule has 2 nitrogen and oxygen atoms in total. The number of hydrogen-bond acceptors (Lipinski definition) is 2. The summed E-state index contributed by atoms with van der Waals surface area (Å²) in [6, 6.07) is 3.68. The van der Waals surface area contributed by atoms with Crippen molar-refractivity contribution >= 4 is 5.69 Å². The monoisotopic (exact) mass is 192 g/mol. The Balaban J connectivity index is 2.19. The molecule has 3 heteroatoms. The Bertz CT molecular complexity index is 416. The van der Waals surface area contributed by atoms with Crippen LogP contribution in [-0.4, -0.2) is 12.6 Å². The molecule has 1 saturated carbocycles. The van der Waals surface area contributed by atoms with Crippen molar-refractivity contribution in [2.24, 2.45) is 5.73 Å². The third-order valence-corrected chi connectivity index (χ3v) is 3.65. The number of fused-ring (bicyclic) bond motifs is 2. The van der Waals surface area contributed by atoms with Crippen molar-refractivity contribution in [3.05, 3.63) is 29.1 Å². The molecule has 1 aromatic rings. The molecule has 1 heterocycles. The molecule has 1 aliphatic carbocycles. The highest BCUT2D eigenvalue weighted by Crippen LogP contribution is 2.54. The zero-order valence-corrected chi connectivity index (χ0v) is 8.10. The molecule has 2 aliphatic rings. The van der Waals surface area contributed by atoms with E-state index >= 15 is 0 Å². The second kappa shape index (κ2) is 2.28. The summed E-state index contributed by atoms with van der Waals surface area (Å²) in [4.78, 5) is 0. The minimum Gasteiger partial charge on any atom is -0.384 e. The van der Waals surface area contributed by atoms with Crippen molar-refractivity contribution in [2.75, 3.05) is 11.9 Å². The normalized spacial score (nSPS) is 32.9. The van der Waals surface area contributed by atoms with E-state index in [1.165, 1.54) is 5.56 Å². The largest absolute Gasteiger partial charge is 0.384 e. The molecule has 1 spiro atoms. The quantitative estimate of drug-likeness (QED) is 0.654. The summed E-state index contributed by atoms with van der Waals surface area (Å²) < 4.78 is 13.3. The molecule has 1 fully saturated rings. The minimum absolute atomic E-state index is 0.119. The van der Waals surface area contributed by atoms with Crippen LogP contribution >= 0.6 is 0 Å². The molecule has 3 rings (SSSR count). The SMILES string of the molecule is Cc1c(F)ccc2c1NCC21CC1N. The molecule has 0 saturated heterocycles. The number of hydrogen-bond donors (Lipinski definition) is 2. The summed E-state index contributed by atoms with van der Waals surface area (Å²) in [6.45, 7) is 2.68. The highest BCUT2D eigenvalue weighted by Gasteiger charge is 2.57. The molecule has 2 unspecified atom stereocenters. The fourth-order valence-electron chi connectivity index (χ4n) is 2.52. The van der Waals surface area contributed by atoms with E-state index in [1.807, 2.05) is 13.0 Å². The lowest BCUT2D eigenvalue weighted by atomic mass is 9.96. The van der Waals surface area contributed by atoms with Gasteiger partial charge in [0.1, 0.15) is 5.82 Å². The average Bonchev–Trinajstić information content (AvgIpc) is 2.65. The number of nitrogens with one attached hydrogen (secondary N) is 1. The number of rotatable bonds is 0. The summed E-state index contributed by atoms with van der Waals surface area (Å²) in [5, 5.41) is 3.27. The van der Waals surface area contributed by atoms with E-state index in [0.29, 0.717) is 0 Å². The predicted molar refractivity (Wildman–Crippen MR) is 53.9 cm³/mol. The van der Waals surface area contributed by atoms with Gasteiger partial charge in [0.05, 0.1) is 0 Å². The van der Waals surface area contributed by atoms with Crippen LogP contribution in [0.5, 0.6) is 0 Å². The molecule has 2 atom stereocenters. The van der Waals surface area contributed by atoms with Gasteiger partial charge in [0.2, 0.25) is 0 Å².